The average Bonchev–Trinajstić information content (AvgIpc) is 2.51. The Bertz CT molecular complexity index is 182. The molecule has 2 amide bonds. The van der Waals surface area contributed by atoms with Crippen molar-refractivity contribution < 1.29 is 9.53 Å². The fourth-order valence-electron chi connectivity index (χ4n) is 1.66. The van der Waals surface area contributed by atoms with Gasteiger partial charge in [-0.05, 0) is 19.3 Å². The first-order valence-electron chi connectivity index (χ1n) is 4.65. The molecule has 0 spiro atoms. The molecule has 1 aliphatic rings. The minimum absolute atomic E-state index is 0.0334. The fraction of sp³-hybridized carbons (Fsp3) is 0.889. The third-order valence-electron chi connectivity index (χ3n) is 2.47. The summed E-state index contributed by atoms with van der Waals surface area (Å²) in [5.74, 6) is 0. The Hall–Kier alpha value is -0.770. The van der Waals surface area contributed by atoms with E-state index < -0.39 is 0 Å². The van der Waals surface area contributed by atoms with Gasteiger partial charge in [0, 0.05) is 21.2 Å². The van der Waals surface area contributed by atoms with E-state index in [4.69, 9.17) is 4.74 Å². The van der Waals surface area contributed by atoms with Gasteiger partial charge in [0.2, 0.25) is 0 Å². The van der Waals surface area contributed by atoms with Crippen LogP contribution in [0.3, 0.4) is 0 Å². The summed E-state index contributed by atoms with van der Waals surface area (Å²) in [6.45, 7) is 0. The molecule has 0 unspecified atom stereocenters. The Morgan fingerprint density at radius 2 is 2.15 bits per heavy atom. The van der Waals surface area contributed by atoms with Crippen LogP contribution in [0.25, 0.3) is 0 Å². The molecule has 4 heteroatoms. The highest BCUT2D eigenvalue weighted by atomic mass is 16.5. The highest BCUT2D eigenvalue weighted by Gasteiger charge is 2.28. The number of carbonyl (C=O) groups is 1. The van der Waals surface area contributed by atoms with Crippen molar-refractivity contribution in [3.05, 3.63) is 0 Å². The zero-order chi connectivity index (χ0) is 9.84. The summed E-state index contributed by atoms with van der Waals surface area (Å²) in [6, 6.07) is 0.161. The molecule has 0 aliphatic heterocycles. The van der Waals surface area contributed by atoms with Crippen LogP contribution in [0.15, 0.2) is 0 Å². The first-order valence-corrected chi connectivity index (χ1v) is 4.65. The van der Waals surface area contributed by atoms with Gasteiger partial charge in [-0.25, -0.2) is 4.79 Å². The number of nitrogens with zero attached hydrogens (tertiary/aromatic N) is 1. The molecule has 1 saturated carbocycles. The lowest BCUT2D eigenvalue weighted by atomic mass is 10.2. The fourth-order valence-corrected chi connectivity index (χ4v) is 1.66. The summed E-state index contributed by atoms with van der Waals surface area (Å²) in [5, 5.41) is 2.94. The van der Waals surface area contributed by atoms with Crippen LogP contribution in [0, 0.1) is 0 Å². The van der Waals surface area contributed by atoms with Crippen LogP contribution in [0.4, 0.5) is 4.79 Å². The van der Waals surface area contributed by atoms with E-state index in [0.29, 0.717) is 0 Å². The number of rotatable bonds is 2. The molecule has 13 heavy (non-hydrogen) atoms. The van der Waals surface area contributed by atoms with Crippen LogP contribution in [0.1, 0.15) is 19.3 Å². The average molecular weight is 186 g/mol. The quantitative estimate of drug-likeness (QED) is 0.694. The van der Waals surface area contributed by atoms with Gasteiger partial charge in [-0.2, -0.15) is 0 Å². The molecule has 1 N–H and O–H groups in total. The molecule has 0 bridgehead atoms. The second-order valence-electron chi connectivity index (χ2n) is 3.66. The molecular formula is C9H18N2O2. The third kappa shape index (κ3) is 2.59. The predicted molar refractivity (Wildman–Crippen MR) is 50.7 cm³/mol. The number of amides is 2. The van der Waals surface area contributed by atoms with Crippen molar-refractivity contribution in [3.8, 4) is 0 Å². The molecule has 0 aromatic heterocycles. The van der Waals surface area contributed by atoms with Gasteiger partial charge in [-0.15, -0.1) is 0 Å². The molecule has 0 heterocycles. The number of hydrogen-bond acceptors (Lipinski definition) is 2. The monoisotopic (exact) mass is 186 g/mol. The summed E-state index contributed by atoms with van der Waals surface area (Å²) < 4.78 is 5.27. The van der Waals surface area contributed by atoms with Crippen LogP contribution in [-0.4, -0.2) is 44.3 Å². The Morgan fingerprint density at radius 3 is 2.69 bits per heavy atom. The summed E-state index contributed by atoms with van der Waals surface area (Å²) in [4.78, 5) is 12.9. The third-order valence-corrected chi connectivity index (χ3v) is 2.47. The normalized spacial score (nSPS) is 27.3. The number of nitrogens with one attached hydrogen (secondary N) is 1. The smallest absolute Gasteiger partial charge is 0.317 e. The molecule has 4 nitrogen and oxygen atoms in total. The number of methoxy groups -OCH3 is 1. The summed E-state index contributed by atoms with van der Waals surface area (Å²) in [7, 11) is 5.18. The maximum atomic E-state index is 11.3. The SMILES string of the molecule is CO[C@H]1CCC[C@@H]1NC(=O)N(C)C. The number of ether oxygens (including phenoxy) is 1. The summed E-state index contributed by atoms with van der Waals surface area (Å²) in [6.07, 6.45) is 3.41. The van der Waals surface area contributed by atoms with Gasteiger partial charge in [0.1, 0.15) is 0 Å². The Balaban J connectivity index is 2.39. The van der Waals surface area contributed by atoms with Gasteiger partial charge in [0.15, 0.2) is 0 Å². The molecule has 0 aromatic rings. The van der Waals surface area contributed by atoms with Crippen molar-refractivity contribution in [3.63, 3.8) is 0 Å². The predicted octanol–water partition coefficient (Wildman–Crippen LogP) is 0.825. The first-order chi connectivity index (χ1) is 6.15. The Morgan fingerprint density at radius 1 is 1.46 bits per heavy atom. The molecule has 1 rings (SSSR count). The van der Waals surface area contributed by atoms with Gasteiger partial charge >= 0.3 is 6.03 Å². The first kappa shape index (κ1) is 10.3. The maximum absolute atomic E-state index is 11.3. The van der Waals surface area contributed by atoms with Gasteiger partial charge in [0.25, 0.3) is 0 Å². The van der Waals surface area contributed by atoms with Crippen molar-refractivity contribution in [1.82, 2.24) is 10.2 Å². The lowest BCUT2D eigenvalue weighted by Crippen LogP contribution is -2.45. The van der Waals surface area contributed by atoms with Crippen molar-refractivity contribution in [2.45, 2.75) is 31.4 Å². The molecule has 76 valence electrons. The van der Waals surface area contributed by atoms with Gasteiger partial charge < -0.3 is 15.0 Å². The van der Waals surface area contributed by atoms with E-state index in [1.807, 2.05) is 0 Å². The topological polar surface area (TPSA) is 41.6 Å². The molecule has 0 radical (unpaired) electrons. The van der Waals surface area contributed by atoms with Crippen LogP contribution >= 0.6 is 0 Å². The molecule has 0 saturated heterocycles. The van der Waals surface area contributed by atoms with Gasteiger partial charge in [-0.3, -0.25) is 0 Å². The molecule has 1 fully saturated rings. The highest BCUT2D eigenvalue weighted by molar-refractivity contribution is 5.73. The Kier molecular flexibility index (Phi) is 3.54. The minimum atomic E-state index is -0.0334. The summed E-state index contributed by atoms with van der Waals surface area (Å²) in [5.41, 5.74) is 0. The second-order valence-corrected chi connectivity index (χ2v) is 3.66. The van der Waals surface area contributed by atoms with Crippen molar-refractivity contribution in [1.29, 1.82) is 0 Å². The van der Waals surface area contributed by atoms with E-state index in [1.165, 1.54) is 0 Å². The standard InChI is InChI=1S/C9H18N2O2/c1-11(2)9(12)10-7-5-4-6-8(7)13-3/h7-8H,4-6H2,1-3H3,(H,10,12)/t7-,8-/m0/s1. The number of carbonyl (C=O) groups excluding carboxylic acids is 1. The zero-order valence-corrected chi connectivity index (χ0v) is 8.54. The Labute approximate surface area is 79.2 Å². The van der Waals surface area contributed by atoms with E-state index in [-0.39, 0.29) is 18.2 Å². The highest BCUT2D eigenvalue weighted by Crippen LogP contribution is 2.21. The molecule has 0 aromatic carbocycles. The lowest BCUT2D eigenvalue weighted by Gasteiger charge is -2.21. The minimum Gasteiger partial charge on any atom is -0.379 e. The van der Waals surface area contributed by atoms with Crippen molar-refractivity contribution >= 4 is 6.03 Å². The van der Waals surface area contributed by atoms with E-state index in [1.54, 1.807) is 26.1 Å². The summed E-state index contributed by atoms with van der Waals surface area (Å²) >= 11 is 0. The van der Waals surface area contributed by atoms with Crippen LogP contribution < -0.4 is 5.32 Å². The van der Waals surface area contributed by atoms with Crippen LogP contribution in [0.5, 0.6) is 0 Å². The molecule has 2 atom stereocenters. The molecule has 1 aliphatic carbocycles. The van der Waals surface area contributed by atoms with Crippen molar-refractivity contribution in [2.75, 3.05) is 21.2 Å². The van der Waals surface area contributed by atoms with Crippen molar-refractivity contribution in [2.24, 2.45) is 0 Å². The van der Waals surface area contributed by atoms with E-state index >= 15 is 0 Å². The largest absolute Gasteiger partial charge is 0.379 e. The van der Waals surface area contributed by atoms with Crippen LogP contribution in [0.2, 0.25) is 0 Å². The van der Waals surface area contributed by atoms with Gasteiger partial charge in [-0.1, -0.05) is 0 Å². The number of hydrogen-bond donors (Lipinski definition) is 1. The van der Waals surface area contributed by atoms with Crippen LogP contribution in [-0.2, 0) is 4.74 Å². The van der Waals surface area contributed by atoms with E-state index in [9.17, 15) is 4.79 Å². The maximum Gasteiger partial charge on any atom is 0.317 e. The second kappa shape index (κ2) is 4.46. The molecular weight excluding hydrogens is 168 g/mol. The lowest BCUT2D eigenvalue weighted by molar-refractivity contribution is 0.0859. The number of urea groups is 1. The van der Waals surface area contributed by atoms with E-state index in [2.05, 4.69) is 5.32 Å². The van der Waals surface area contributed by atoms with E-state index in [0.717, 1.165) is 19.3 Å². The van der Waals surface area contributed by atoms with Gasteiger partial charge in [0.05, 0.1) is 12.1 Å². The zero-order valence-electron chi connectivity index (χ0n) is 8.54.